The van der Waals surface area contributed by atoms with Crippen molar-refractivity contribution in [3.05, 3.63) is 12.7 Å². The van der Waals surface area contributed by atoms with E-state index in [1.807, 2.05) is 0 Å². The minimum Gasteiger partial charge on any atom is -0.481 e. The molecule has 3 unspecified atom stereocenters. The molecule has 1 fully saturated rings. The molecule has 1 aliphatic rings. The maximum Gasteiger partial charge on any atom is 0.481 e. The highest BCUT2D eigenvalue weighted by molar-refractivity contribution is 8.13. The maximum absolute atomic E-state index is 12.7. The first-order valence-corrected chi connectivity index (χ1v) is 26.3. The number of imidazole rings is 1. The van der Waals surface area contributed by atoms with Crippen molar-refractivity contribution in [3.63, 3.8) is 0 Å². The number of amides is 2. The van der Waals surface area contributed by atoms with Crippen LogP contribution in [0.2, 0.25) is 0 Å². The van der Waals surface area contributed by atoms with Crippen molar-refractivity contribution < 1.29 is 95.5 Å². The molecule has 3 rings (SSSR count). The van der Waals surface area contributed by atoms with Gasteiger partial charge in [0.2, 0.25) is 11.8 Å². The molecule has 2 aromatic heterocycles. The van der Waals surface area contributed by atoms with Crippen molar-refractivity contribution >= 4 is 75.1 Å². The number of carbonyl (C=O) groups excluding carboxylic acids is 3. The number of aliphatic hydroxyl groups excluding tert-OH is 3. The van der Waals surface area contributed by atoms with E-state index in [9.17, 15) is 67.8 Å². The minimum atomic E-state index is -5.60. The lowest BCUT2D eigenvalue weighted by atomic mass is 9.87. The van der Waals surface area contributed by atoms with Crippen molar-refractivity contribution in [2.75, 3.05) is 37.8 Å². The Kier molecular flexibility index (Phi) is 23.2. The second-order valence-corrected chi connectivity index (χ2v) is 21.3. The summed E-state index contributed by atoms with van der Waals surface area (Å²) in [6, 6.07) is 0. The van der Waals surface area contributed by atoms with Gasteiger partial charge in [0, 0.05) is 43.5 Å². The molecule has 376 valence electrons. The Morgan fingerprint density at radius 2 is 1.55 bits per heavy atom. The number of fused-ring (bicyclic) bond motifs is 1. The fraction of sp³-hybridized carbons (Fsp3) is 0.743. The third-order valence-electron chi connectivity index (χ3n) is 9.85. The first-order chi connectivity index (χ1) is 30.8. The van der Waals surface area contributed by atoms with Gasteiger partial charge < -0.3 is 61.1 Å². The maximum atomic E-state index is 12.7. The summed E-state index contributed by atoms with van der Waals surface area (Å²) in [5.41, 5.74) is 4.22. The third kappa shape index (κ3) is 20.3. The number of carbonyl (C=O) groups is 4. The third-order valence-corrected chi connectivity index (χ3v) is 13.8. The summed E-state index contributed by atoms with van der Waals surface area (Å²) in [4.78, 5) is 98.7. The van der Waals surface area contributed by atoms with E-state index in [4.69, 9.17) is 24.6 Å². The Bertz CT molecular complexity index is 2060. The van der Waals surface area contributed by atoms with Gasteiger partial charge in [-0.2, -0.15) is 4.31 Å². The van der Waals surface area contributed by atoms with Crippen LogP contribution < -0.4 is 16.4 Å². The van der Waals surface area contributed by atoms with Crippen LogP contribution in [0.25, 0.3) is 11.2 Å². The van der Waals surface area contributed by atoms with E-state index in [2.05, 4.69) is 34.4 Å². The fourth-order valence-corrected chi connectivity index (χ4v) is 9.94. The molecule has 2 amide bonds. The predicted molar refractivity (Wildman–Crippen MR) is 232 cm³/mol. The van der Waals surface area contributed by atoms with Crippen LogP contribution in [0, 0.1) is 5.41 Å². The molecule has 0 saturated carbocycles. The number of anilines is 1. The van der Waals surface area contributed by atoms with Gasteiger partial charge >= 0.3 is 29.4 Å². The van der Waals surface area contributed by atoms with Crippen LogP contribution in [0.4, 0.5) is 5.82 Å². The topological polar surface area (TPSA) is 421 Å². The number of nitrogens with one attached hydrogen (secondary N) is 2. The van der Waals surface area contributed by atoms with E-state index in [1.165, 1.54) is 13.8 Å². The molecule has 0 radical (unpaired) electrons. The molecule has 27 nitrogen and oxygen atoms in total. The molecule has 0 aliphatic carbocycles. The SMILES string of the molecule is CC(C)(COP(=O)(O)OP(=O)(O)OC[C@H]1O[C@@H](n2cnc3c(N)ncnc32)[C@H](O)[C@@H]1OP(=O)(O)O)[C@@H](O)C(=O)NCCC(=O)NCCSC(=O)CC(O)CCCCCCCCCCC(=O)O. The molecular weight excluding hydrogens is 963 g/mol. The molecule has 0 spiro atoms. The van der Waals surface area contributed by atoms with E-state index in [0.29, 0.717) is 12.8 Å². The van der Waals surface area contributed by atoms with Gasteiger partial charge in [0.25, 0.3) is 0 Å². The van der Waals surface area contributed by atoms with Crippen LogP contribution in [0.15, 0.2) is 12.7 Å². The van der Waals surface area contributed by atoms with Crippen LogP contribution in [-0.4, -0.2) is 145 Å². The summed E-state index contributed by atoms with van der Waals surface area (Å²) in [6.07, 6.45) is 0.158. The summed E-state index contributed by atoms with van der Waals surface area (Å²) >= 11 is 0.960. The van der Waals surface area contributed by atoms with E-state index < -0.39 is 96.6 Å². The minimum absolute atomic E-state index is 0.0214. The number of nitrogens with two attached hydrogens (primary N) is 1. The highest BCUT2D eigenvalue weighted by atomic mass is 32.2. The van der Waals surface area contributed by atoms with Gasteiger partial charge in [0.05, 0.1) is 25.6 Å². The largest absolute Gasteiger partial charge is 0.481 e. The molecule has 0 bridgehead atoms. The lowest BCUT2D eigenvalue weighted by Crippen LogP contribution is -2.46. The number of carboxylic acid groups (broad SMARTS) is 1. The molecule has 12 N–H and O–H groups in total. The van der Waals surface area contributed by atoms with Gasteiger partial charge in [0.15, 0.2) is 22.8 Å². The summed E-state index contributed by atoms with van der Waals surface area (Å²) in [7, 11) is -16.5. The van der Waals surface area contributed by atoms with E-state index >= 15 is 0 Å². The molecule has 31 heteroatoms. The highest BCUT2D eigenvalue weighted by Crippen LogP contribution is 2.61. The Labute approximate surface area is 383 Å². The number of nitrogen functional groups attached to an aromatic ring is 1. The number of aliphatic hydroxyl groups is 3. The zero-order chi connectivity index (χ0) is 49.3. The fourth-order valence-electron chi connectivity index (χ4n) is 6.37. The van der Waals surface area contributed by atoms with Crippen LogP contribution in [0.5, 0.6) is 0 Å². The number of ether oxygens (including phenoxy) is 1. The van der Waals surface area contributed by atoms with Crippen molar-refractivity contribution in [2.45, 2.75) is 128 Å². The number of phosphoric ester groups is 3. The molecule has 3 heterocycles. The van der Waals surface area contributed by atoms with Gasteiger partial charge in [-0.1, -0.05) is 70.6 Å². The van der Waals surface area contributed by atoms with E-state index in [1.54, 1.807) is 0 Å². The first-order valence-electron chi connectivity index (χ1n) is 20.8. The van der Waals surface area contributed by atoms with Crippen LogP contribution in [0.3, 0.4) is 0 Å². The molecule has 1 aliphatic heterocycles. The second kappa shape index (κ2) is 26.7. The highest BCUT2D eigenvalue weighted by Gasteiger charge is 2.50. The van der Waals surface area contributed by atoms with Crippen LogP contribution >= 0.6 is 35.2 Å². The molecule has 66 heavy (non-hydrogen) atoms. The predicted octanol–water partition coefficient (Wildman–Crippen LogP) is 1.40. The van der Waals surface area contributed by atoms with Crippen LogP contribution in [0.1, 0.15) is 97.1 Å². The Morgan fingerprint density at radius 1 is 0.909 bits per heavy atom. The number of phosphoric acid groups is 3. The zero-order valence-electron chi connectivity index (χ0n) is 36.2. The van der Waals surface area contributed by atoms with Gasteiger partial charge in [-0.05, 0) is 12.8 Å². The van der Waals surface area contributed by atoms with E-state index in [-0.39, 0.29) is 60.2 Å². The van der Waals surface area contributed by atoms with Gasteiger partial charge in [-0.15, -0.1) is 0 Å². The molecule has 1 saturated heterocycles. The lowest BCUT2D eigenvalue weighted by molar-refractivity contribution is -0.137. The van der Waals surface area contributed by atoms with Crippen molar-refractivity contribution in [1.82, 2.24) is 30.2 Å². The molecule has 2 aromatic rings. The average molecular weight is 1020 g/mol. The standard InChI is InChI=1S/C35H60N7O20P3S/c1-35(2,30(49)33(50)38-14-13-24(44)37-15-16-66-26(47)17-22(43)11-9-7-5-3-4-6-8-10-12-25(45)46)19-59-65(56,57)62-64(54,55)58-18-23-29(61-63(51,52)53)28(48)34(60-23)42-21-41-27-31(36)39-20-40-32(27)42/h20-23,28-30,34,43,48-49H,3-19H2,1-2H3,(H,37,44)(H,38,50)(H,45,46)(H,54,55)(H,56,57)(H2,36,39,40)(H2,51,52,53)/t22?,23-,28-,29-,30+,34-/m1/s1. The van der Waals surface area contributed by atoms with E-state index in [0.717, 1.165) is 73.9 Å². The number of nitrogens with zero attached hydrogens (tertiary/aromatic N) is 4. The number of hydrogen-bond donors (Lipinski definition) is 11. The quantitative estimate of drug-likeness (QED) is 0.0364. The van der Waals surface area contributed by atoms with Crippen molar-refractivity contribution in [1.29, 1.82) is 0 Å². The van der Waals surface area contributed by atoms with Gasteiger partial charge in [0.1, 0.15) is 36.3 Å². The molecule has 8 atom stereocenters. The number of thioether (sulfide) groups is 1. The number of aliphatic carboxylic acids is 1. The average Bonchev–Trinajstić information content (AvgIpc) is 3.78. The number of aromatic nitrogens is 4. The van der Waals surface area contributed by atoms with Gasteiger partial charge in [-0.25, -0.2) is 28.6 Å². The van der Waals surface area contributed by atoms with Crippen LogP contribution in [-0.2, 0) is 55.5 Å². The number of unbranched alkanes of at least 4 members (excludes halogenated alkanes) is 7. The van der Waals surface area contributed by atoms with Gasteiger partial charge in [-0.3, -0.25) is 37.3 Å². The normalized spacial score (nSPS) is 20.6. The lowest BCUT2D eigenvalue weighted by Gasteiger charge is -2.30. The summed E-state index contributed by atoms with van der Waals surface area (Å²) in [5, 5.41) is 45.0. The van der Waals surface area contributed by atoms with Crippen molar-refractivity contribution in [2.24, 2.45) is 5.41 Å². The number of carboxylic acids is 1. The number of rotatable bonds is 32. The summed E-state index contributed by atoms with van der Waals surface area (Å²) < 4.78 is 62.3. The summed E-state index contributed by atoms with van der Waals surface area (Å²) in [5.74, 6) is -2.08. The monoisotopic (exact) mass is 1020 g/mol. The summed E-state index contributed by atoms with van der Waals surface area (Å²) in [6.45, 7) is 0.305. The van der Waals surface area contributed by atoms with Crippen molar-refractivity contribution in [3.8, 4) is 0 Å². The first kappa shape index (κ1) is 57.3. The Hall–Kier alpha value is -3.01. The smallest absolute Gasteiger partial charge is 0.481 e. The zero-order valence-corrected chi connectivity index (χ0v) is 39.7. The molecule has 0 aromatic carbocycles. The molecular formula is C35H60N7O20P3S. The number of hydrogen-bond acceptors (Lipinski definition) is 20. The Balaban J connectivity index is 1.34. The Morgan fingerprint density at radius 3 is 2.20 bits per heavy atom. The second-order valence-electron chi connectivity index (χ2n) is 15.9.